The van der Waals surface area contributed by atoms with E-state index in [-0.39, 0.29) is 23.8 Å². The Kier molecular flexibility index (Phi) is 5.06. The van der Waals surface area contributed by atoms with Gasteiger partial charge in [0.25, 0.3) is 11.8 Å². The number of dihydropyridines is 1. The zero-order chi connectivity index (χ0) is 19.6. The van der Waals surface area contributed by atoms with Crippen LogP contribution in [0.5, 0.6) is 0 Å². The Bertz CT molecular complexity index is 893. The van der Waals surface area contributed by atoms with Crippen molar-refractivity contribution < 1.29 is 13.6 Å². The second kappa shape index (κ2) is 7.29. The first kappa shape index (κ1) is 18.7. The van der Waals surface area contributed by atoms with Gasteiger partial charge in [-0.3, -0.25) is 15.1 Å². The van der Waals surface area contributed by atoms with Gasteiger partial charge < -0.3 is 0 Å². The molecule has 1 atom stereocenters. The molecule has 0 radical (unpaired) electrons. The lowest BCUT2D eigenvalue weighted by atomic mass is 10.0. The van der Waals surface area contributed by atoms with Crippen molar-refractivity contribution in [3.63, 3.8) is 0 Å². The number of nitrogens with one attached hydrogen (secondary N) is 1. The summed E-state index contributed by atoms with van der Waals surface area (Å²) in [6.45, 7) is 2.77. The first-order valence-corrected chi connectivity index (χ1v) is 8.40. The summed E-state index contributed by atoms with van der Waals surface area (Å²) in [6.07, 6.45) is 4.16. The van der Waals surface area contributed by atoms with Gasteiger partial charge >= 0.3 is 0 Å². The molecule has 0 fully saturated rings. The topological polar surface area (TPSA) is 116 Å². The van der Waals surface area contributed by atoms with Crippen LogP contribution in [0.1, 0.15) is 32.5 Å². The van der Waals surface area contributed by atoms with Gasteiger partial charge in [-0.05, 0) is 23.3 Å². The summed E-state index contributed by atoms with van der Waals surface area (Å²) < 4.78 is 30.1. The maximum Gasteiger partial charge on any atom is 0.267 e. The van der Waals surface area contributed by atoms with Crippen LogP contribution >= 0.6 is 0 Å². The van der Waals surface area contributed by atoms with Crippen molar-refractivity contribution in [2.24, 2.45) is 12.0 Å². The minimum Gasteiger partial charge on any atom is -0.289 e. The highest BCUT2D eigenvalue weighted by Crippen LogP contribution is 2.28. The summed E-state index contributed by atoms with van der Waals surface area (Å²) in [5.74, 6) is -2.94. The fourth-order valence-corrected chi connectivity index (χ4v) is 2.53. The Morgan fingerprint density at radius 2 is 2.22 bits per heavy atom. The average molecular weight is 379 g/mol. The van der Waals surface area contributed by atoms with Crippen molar-refractivity contribution >= 4 is 17.7 Å². The normalized spacial score (nSPS) is 17.4. The molecule has 12 heteroatoms. The van der Waals surface area contributed by atoms with E-state index >= 15 is 0 Å². The summed E-state index contributed by atoms with van der Waals surface area (Å²) in [5, 5.41) is 17.5. The van der Waals surface area contributed by atoms with Gasteiger partial charge in [-0.2, -0.15) is 0 Å². The second-order valence-electron chi connectivity index (χ2n) is 6.21. The van der Waals surface area contributed by atoms with Gasteiger partial charge in [-0.25, -0.2) is 23.1 Å². The molecule has 0 saturated carbocycles. The van der Waals surface area contributed by atoms with Gasteiger partial charge in [0.05, 0.1) is 5.57 Å². The van der Waals surface area contributed by atoms with Gasteiger partial charge in [-0.15, -0.1) is 5.10 Å². The number of aromatic nitrogens is 7. The first-order valence-electron chi connectivity index (χ1n) is 8.40. The SMILES string of the molecule is CCCc1ncn(C2=NC(C(C)(F)F)CC=C2C(=O)Nc2nnnn2C)n1. The smallest absolute Gasteiger partial charge is 0.267 e. The number of tetrazole rings is 1. The fourth-order valence-electron chi connectivity index (χ4n) is 2.53. The van der Waals surface area contributed by atoms with Crippen molar-refractivity contribution in [2.75, 3.05) is 5.32 Å². The molecular formula is C15H19F2N9O. The fraction of sp³-hybridized carbons (Fsp3) is 0.533. The monoisotopic (exact) mass is 379 g/mol. The third-order valence-corrected chi connectivity index (χ3v) is 3.97. The Morgan fingerprint density at radius 3 is 2.85 bits per heavy atom. The number of hydrogen-bond donors (Lipinski definition) is 1. The summed E-state index contributed by atoms with van der Waals surface area (Å²) >= 11 is 0. The maximum atomic E-state index is 13.8. The standard InChI is InChI=1S/C15H19F2N9O/c1-4-5-11-18-8-26(22-11)12-9(6-7-10(19-12)15(2,16)17)13(27)20-14-21-23-24-25(14)3/h6,8,10H,4-5,7H2,1-3H3,(H,20,21,24,27). The minimum absolute atomic E-state index is 0.00950. The quantitative estimate of drug-likeness (QED) is 0.828. The molecule has 0 spiro atoms. The van der Waals surface area contributed by atoms with Gasteiger partial charge in [0.1, 0.15) is 12.4 Å². The van der Waals surface area contributed by atoms with Crippen LogP contribution in [-0.4, -0.2) is 58.7 Å². The Morgan fingerprint density at radius 1 is 1.44 bits per heavy atom. The molecule has 0 saturated heterocycles. The Hall–Kier alpha value is -3.05. The number of anilines is 1. The lowest BCUT2D eigenvalue weighted by Gasteiger charge is -2.24. The molecule has 0 aromatic carbocycles. The molecule has 2 aromatic rings. The number of amides is 1. The molecule has 10 nitrogen and oxygen atoms in total. The number of carbonyl (C=O) groups is 1. The van der Waals surface area contributed by atoms with E-state index in [2.05, 4.69) is 35.9 Å². The highest BCUT2D eigenvalue weighted by molar-refractivity contribution is 6.25. The molecule has 0 bridgehead atoms. The summed E-state index contributed by atoms with van der Waals surface area (Å²) in [6, 6.07) is -1.29. The van der Waals surface area contributed by atoms with Crippen LogP contribution in [0.2, 0.25) is 0 Å². The van der Waals surface area contributed by atoms with Crippen LogP contribution in [0.3, 0.4) is 0 Å². The predicted octanol–water partition coefficient (Wildman–Crippen LogP) is 0.993. The third kappa shape index (κ3) is 4.04. The molecule has 1 aliphatic heterocycles. The molecular weight excluding hydrogens is 360 g/mol. The van der Waals surface area contributed by atoms with Gasteiger partial charge in [-0.1, -0.05) is 18.1 Å². The zero-order valence-corrected chi connectivity index (χ0v) is 15.1. The molecule has 2 aromatic heterocycles. The summed E-state index contributed by atoms with van der Waals surface area (Å²) in [7, 11) is 1.56. The van der Waals surface area contributed by atoms with Crippen molar-refractivity contribution in [3.8, 4) is 0 Å². The van der Waals surface area contributed by atoms with Crippen LogP contribution in [0.25, 0.3) is 0 Å². The third-order valence-electron chi connectivity index (χ3n) is 3.97. The Balaban J connectivity index is 1.93. The lowest BCUT2D eigenvalue weighted by Crippen LogP contribution is -2.36. The van der Waals surface area contributed by atoms with Crippen molar-refractivity contribution in [1.82, 2.24) is 35.0 Å². The number of nitrogens with zero attached hydrogens (tertiary/aromatic N) is 8. The first-order chi connectivity index (χ1) is 12.8. The van der Waals surface area contributed by atoms with Gasteiger partial charge in [0.15, 0.2) is 11.7 Å². The van der Waals surface area contributed by atoms with E-state index in [1.807, 2.05) is 6.92 Å². The van der Waals surface area contributed by atoms with Crippen LogP contribution in [0.4, 0.5) is 14.7 Å². The van der Waals surface area contributed by atoms with E-state index in [1.54, 1.807) is 7.05 Å². The second-order valence-corrected chi connectivity index (χ2v) is 6.21. The summed E-state index contributed by atoms with van der Waals surface area (Å²) in [4.78, 5) is 20.9. The molecule has 3 heterocycles. The van der Waals surface area contributed by atoms with E-state index < -0.39 is 17.9 Å². The highest BCUT2D eigenvalue weighted by atomic mass is 19.3. The molecule has 1 unspecified atom stereocenters. The molecule has 1 amide bonds. The average Bonchev–Trinajstić information content (AvgIpc) is 3.23. The molecule has 1 aliphatic rings. The van der Waals surface area contributed by atoms with Crippen LogP contribution in [0.15, 0.2) is 23.0 Å². The number of hydrogen-bond acceptors (Lipinski definition) is 7. The number of aliphatic imine (C=N–C) groups is 1. The van der Waals surface area contributed by atoms with E-state index in [0.717, 1.165) is 13.3 Å². The number of alkyl halides is 2. The van der Waals surface area contributed by atoms with Gasteiger partial charge in [0.2, 0.25) is 5.95 Å². The van der Waals surface area contributed by atoms with E-state index in [1.165, 1.54) is 21.8 Å². The number of carbonyl (C=O) groups excluding carboxylic acids is 1. The van der Waals surface area contributed by atoms with Crippen molar-refractivity contribution in [1.29, 1.82) is 0 Å². The number of halogens is 2. The Labute approximate surface area is 153 Å². The number of rotatable bonds is 5. The van der Waals surface area contributed by atoms with Gasteiger partial charge in [0, 0.05) is 20.4 Å². The van der Waals surface area contributed by atoms with Crippen molar-refractivity contribution in [3.05, 3.63) is 23.8 Å². The maximum absolute atomic E-state index is 13.8. The molecule has 3 rings (SSSR count). The minimum atomic E-state index is -3.04. The summed E-state index contributed by atoms with van der Waals surface area (Å²) in [5.41, 5.74) is 0.103. The molecule has 27 heavy (non-hydrogen) atoms. The van der Waals surface area contributed by atoms with Crippen molar-refractivity contribution in [2.45, 2.75) is 45.1 Å². The van der Waals surface area contributed by atoms with E-state index in [0.29, 0.717) is 12.2 Å². The van der Waals surface area contributed by atoms with E-state index in [9.17, 15) is 13.6 Å². The number of aryl methyl sites for hydroxylation is 2. The zero-order valence-electron chi connectivity index (χ0n) is 15.1. The molecule has 1 N–H and O–H groups in total. The molecule has 0 aliphatic carbocycles. The van der Waals surface area contributed by atoms with Crippen LogP contribution in [-0.2, 0) is 18.3 Å². The predicted molar refractivity (Wildman–Crippen MR) is 91.4 cm³/mol. The highest BCUT2D eigenvalue weighted by Gasteiger charge is 2.37. The van der Waals surface area contributed by atoms with Crippen LogP contribution in [0, 0.1) is 0 Å². The largest absolute Gasteiger partial charge is 0.289 e. The van der Waals surface area contributed by atoms with Crippen LogP contribution < -0.4 is 5.32 Å². The van der Waals surface area contributed by atoms with E-state index in [4.69, 9.17) is 0 Å². The lowest BCUT2D eigenvalue weighted by molar-refractivity contribution is -0.112. The molecule has 144 valence electrons.